The number of hydrogen-bond acceptors (Lipinski definition) is 2. The fourth-order valence-electron chi connectivity index (χ4n) is 2.94. The molecule has 0 saturated carbocycles. The highest BCUT2D eigenvalue weighted by Gasteiger charge is 2.23. The summed E-state index contributed by atoms with van der Waals surface area (Å²) >= 11 is 3.53. The number of anilines is 1. The lowest BCUT2D eigenvalue weighted by molar-refractivity contribution is 0.474. The standard InChI is InChI=1S/C17H18BrNO/c1-2-11-9-13(18)4-8-16(11)19-17-7-3-12-10-14(20)5-6-15(12)17/h4-6,8-10,17,19-20H,2-3,7H2,1H3. The Morgan fingerprint density at radius 2 is 2.10 bits per heavy atom. The summed E-state index contributed by atoms with van der Waals surface area (Å²) in [6, 6.07) is 12.4. The molecular formula is C17H18BrNO. The first-order valence-corrected chi connectivity index (χ1v) is 7.83. The van der Waals surface area contributed by atoms with E-state index >= 15 is 0 Å². The van der Waals surface area contributed by atoms with Gasteiger partial charge in [-0.3, -0.25) is 0 Å². The Bertz CT molecular complexity index is 639. The molecule has 2 nitrogen and oxygen atoms in total. The van der Waals surface area contributed by atoms with Crippen molar-refractivity contribution in [1.29, 1.82) is 0 Å². The van der Waals surface area contributed by atoms with E-state index in [9.17, 15) is 5.11 Å². The predicted molar refractivity (Wildman–Crippen MR) is 86.3 cm³/mol. The highest BCUT2D eigenvalue weighted by Crippen LogP contribution is 2.36. The van der Waals surface area contributed by atoms with Crippen molar-refractivity contribution in [1.82, 2.24) is 0 Å². The summed E-state index contributed by atoms with van der Waals surface area (Å²) in [7, 11) is 0. The normalized spacial score (nSPS) is 17.0. The summed E-state index contributed by atoms with van der Waals surface area (Å²) < 4.78 is 1.12. The van der Waals surface area contributed by atoms with Crippen LogP contribution >= 0.6 is 15.9 Å². The zero-order valence-corrected chi connectivity index (χ0v) is 13.1. The lowest BCUT2D eigenvalue weighted by Crippen LogP contribution is -2.08. The van der Waals surface area contributed by atoms with Crippen molar-refractivity contribution in [3.63, 3.8) is 0 Å². The molecule has 0 bridgehead atoms. The van der Waals surface area contributed by atoms with Crippen molar-refractivity contribution in [2.75, 3.05) is 5.32 Å². The fraction of sp³-hybridized carbons (Fsp3) is 0.294. The quantitative estimate of drug-likeness (QED) is 0.845. The second-order valence-electron chi connectivity index (χ2n) is 5.27. The van der Waals surface area contributed by atoms with E-state index < -0.39 is 0 Å². The summed E-state index contributed by atoms with van der Waals surface area (Å²) in [6.45, 7) is 2.17. The summed E-state index contributed by atoms with van der Waals surface area (Å²) in [5, 5.41) is 13.2. The molecule has 0 fully saturated rings. The number of phenols is 1. The Morgan fingerprint density at radius 1 is 1.25 bits per heavy atom. The largest absolute Gasteiger partial charge is 0.508 e. The summed E-state index contributed by atoms with van der Waals surface area (Å²) in [4.78, 5) is 0. The van der Waals surface area contributed by atoms with Gasteiger partial charge in [-0.1, -0.05) is 28.9 Å². The minimum atomic E-state index is 0.345. The van der Waals surface area contributed by atoms with E-state index in [0.29, 0.717) is 11.8 Å². The van der Waals surface area contributed by atoms with E-state index in [1.165, 1.54) is 22.4 Å². The first kappa shape index (κ1) is 13.5. The molecular weight excluding hydrogens is 314 g/mol. The van der Waals surface area contributed by atoms with E-state index in [4.69, 9.17) is 0 Å². The Hall–Kier alpha value is -1.48. The van der Waals surface area contributed by atoms with Crippen LogP contribution in [0.1, 0.15) is 36.1 Å². The zero-order chi connectivity index (χ0) is 14.1. The van der Waals surface area contributed by atoms with Crippen LogP contribution in [0.4, 0.5) is 5.69 Å². The van der Waals surface area contributed by atoms with Gasteiger partial charge in [0.05, 0.1) is 6.04 Å². The van der Waals surface area contributed by atoms with E-state index in [1.807, 2.05) is 12.1 Å². The van der Waals surface area contributed by atoms with Gasteiger partial charge in [0.2, 0.25) is 0 Å². The fourth-order valence-corrected chi connectivity index (χ4v) is 3.35. The number of rotatable bonds is 3. The number of aryl methyl sites for hydroxylation is 2. The van der Waals surface area contributed by atoms with Crippen molar-refractivity contribution in [3.05, 3.63) is 57.6 Å². The van der Waals surface area contributed by atoms with Gasteiger partial charge in [-0.05, 0) is 66.3 Å². The summed E-state index contributed by atoms with van der Waals surface area (Å²) in [5.41, 5.74) is 5.11. The van der Waals surface area contributed by atoms with Crippen LogP contribution in [0.3, 0.4) is 0 Å². The van der Waals surface area contributed by atoms with E-state index in [2.05, 4.69) is 46.4 Å². The molecule has 1 atom stereocenters. The van der Waals surface area contributed by atoms with Gasteiger partial charge in [0.1, 0.15) is 5.75 Å². The first-order valence-electron chi connectivity index (χ1n) is 7.04. The van der Waals surface area contributed by atoms with Gasteiger partial charge < -0.3 is 10.4 Å². The van der Waals surface area contributed by atoms with Gasteiger partial charge in [-0.25, -0.2) is 0 Å². The molecule has 0 saturated heterocycles. The highest BCUT2D eigenvalue weighted by atomic mass is 79.9. The third kappa shape index (κ3) is 2.55. The average molecular weight is 332 g/mol. The molecule has 1 unspecified atom stereocenters. The highest BCUT2D eigenvalue weighted by molar-refractivity contribution is 9.10. The second kappa shape index (κ2) is 5.49. The van der Waals surface area contributed by atoms with Gasteiger partial charge in [0.25, 0.3) is 0 Å². The van der Waals surface area contributed by atoms with Gasteiger partial charge >= 0.3 is 0 Å². The van der Waals surface area contributed by atoms with Crippen LogP contribution in [0.5, 0.6) is 5.75 Å². The maximum atomic E-state index is 9.56. The van der Waals surface area contributed by atoms with Crippen LogP contribution in [0.15, 0.2) is 40.9 Å². The molecule has 0 spiro atoms. The van der Waals surface area contributed by atoms with Crippen LogP contribution in [0.25, 0.3) is 0 Å². The molecule has 1 aliphatic carbocycles. The number of phenolic OH excluding ortho intramolecular Hbond substituents is 1. The van der Waals surface area contributed by atoms with Gasteiger partial charge in [0, 0.05) is 10.2 Å². The van der Waals surface area contributed by atoms with Crippen LogP contribution in [-0.4, -0.2) is 5.11 Å². The predicted octanol–water partition coefficient (Wildman–Crippen LogP) is 4.82. The molecule has 104 valence electrons. The minimum Gasteiger partial charge on any atom is -0.508 e. The van der Waals surface area contributed by atoms with Gasteiger partial charge in [-0.2, -0.15) is 0 Å². The number of halogens is 1. The van der Waals surface area contributed by atoms with Crippen molar-refractivity contribution < 1.29 is 5.11 Å². The molecule has 0 radical (unpaired) electrons. The van der Waals surface area contributed by atoms with Crippen LogP contribution < -0.4 is 5.32 Å². The summed E-state index contributed by atoms with van der Waals surface area (Å²) in [5.74, 6) is 0.363. The van der Waals surface area contributed by atoms with Crippen molar-refractivity contribution in [3.8, 4) is 5.75 Å². The summed E-state index contributed by atoms with van der Waals surface area (Å²) in [6.07, 6.45) is 3.12. The smallest absolute Gasteiger partial charge is 0.115 e. The monoisotopic (exact) mass is 331 g/mol. The molecule has 1 aliphatic rings. The van der Waals surface area contributed by atoms with E-state index in [1.54, 1.807) is 6.07 Å². The van der Waals surface area contributed by atoms with E-state index in [0.717, 1.165) is 23.7 Å². The molecule has 0 aromatic heterocycles. The average Bonchev–Trinajstić information content (AvgIpc) is 2.83. The molecule has 2 aromatic carbocycles. The number of fused-ring (bicyclic) bond motifs is 1. The number of benzene rings is 2. The Balaban J connectivity index is 1.87. The molecule has 0 aliphatic heterocycles. The van der Waals surface area contributed by atoms with Gasteiger partial charge in [0.15, 0.2) is 0 Å². The molecule has 2 aromatic rings. The Kier molecular flexibility index (Phi) is 3.70. The van der Waals surface area contributed by atoms with Crippen molar-refractivity contribution in [2.45, 2.75) is 32.2 Å². The van der Waals surface area contributed by atoms with Crippen molar-refractivity contribution in [2.24, 2.45) is 0 Å². The third-order valence-electron chi connectivity index (χ3n) is 3.98. The molecule has 0 amide bonds. The lowest BCUT2D eigenvalue weighted by Gasteiger charge is -2.18. The Labute approximate surface area is 128 Å². The minimum absolute atomic E-state index is 0.345. The second-order valence-corrected chi connectivity index (χ2v) is 6.19. The maximum absolute atomic E-state index is 9.56. The number of aromatic hydroxyl groups is 1. The zero-order valence-electron chi connectivity index (χ0n) is 11.5. The number of nitrogens with one attached hydrogen (secondary N) is 1. The molecule has 3 heteroatoms. The van der Waals surface area contributed by atoms with Crippen LogP contribution in [0, 0.1) is 0 Å². The Morgan fingerprint density at radius 3 is 2.90 bits per heavy atom. The SMILES string of the molecule is CCc1cc(Br)ccc1NC1CCc2cc(O)ccc21. The topological polar surface area (TPSA) is 32.3 Å². The third-order valence-corrected chi connectivity index (χ3v) is 4.48. The van der Waals surface area contributed by atoms with Crippen molar-refractivity contribution >= 4 is 21.6 Å². The molecule has 0 heterocycles. The van der Waals surface area contributed by atoms with Crippen LogP contribution in [-0.2, 0) is 12.8 Å². The van der Waals surface area contributed by atoms with E-state index in [-0.39, 0.29) is 0 Å². The molecule has 3 rings (SSSR count). The lowest BCUT2D eigenvalue weighted by atomic mass is 10.1. The molecule has 20 heavy (non-hydrogen) atoms. The van der Waals surface area contributed by atoms with Gasteiger partial charge in [-0.15, -0.1) is 0 Å². The van der Waals surface area contributed by atoms with Crippen LogP contribution in [0.2, 0.25) is 0 Å². The number of hydrogen-bond donors (Lipinski definition) is 2. The molecule has 2 N–H and O–H groups in total. The first-order chi connectivity index (χ1) is 9.67. The maximum Gasteiger partial charge on any atom is 0.115 e.